The van der Waals surface area contributed by atoms with Crippen molar-refractivity contribution in [2.24, 2.45) is 13.0 Å². The summed E-state index contributed by atoms with van der Waals surface area (Å²) >= 11 is 3.30. The van der Waals surface area contributed by atoms with Gasteiger partial charge in [-0.1, -0.05) is 25.1 Å². The van der Waals surface area contributed by atoms with Gasteiger partial charge in [0.15, 0.2) is 11.0 Å². The van der Waals surface area contributed by atoms with E-state index < -0.39 is 0 Å². The van der Waals surface area contributed by atoms with Crippen LogP contribution in [0.5, 0.6) is 0 Å². The molecule has 0 fully saturated rings. The van der Waals surface area contributed by atoms with Crippen molar-refractivity contribution in [1.82, 2.24) is 20.1 Å². The van der Waals surface area contributed by atoms with Crippen LogP contribution in [-0.4, -0.2) is 32.5 Å². The molecule has 5 nitrogen and oxygen atoms in total. The van der Waals surface area contributed by atoms with Gasteiger partial charge in [-0.2, -0.15) is 0 Å². The first-order valence-corrected chi connectivity index (χ1v) is 10.7. The normalized spacial score (nSPS) is 18.0. The third kappa shape index (κ3) is 3.92. The SMILES string of the molecule is CCNC(=O)[C@@H](C)Sc1nnc(-c2cc3c(s2)CC[C@@H](CC)C3)n1C. The molecule has 0 saturated carbocycles. The highest BCUT2D eigenvalue weighted by molar-refractivity contribution is 8.00. The Labute approximate surface area is 157 Å². The molecule has 0 spiro atoms. The summed E-state index contributed by atoms with van der Waals surface area (Å²) in [5, 5.41) is 12.2. The molecule has 1 N–H and O–H groups in total. The fraction of sp³-hybridized carbons (Fsp3) is 0.611. The summed E-state index contributed by atoms with van der Waals surface area (Å²) < 4.78 is 2.01. The van der Waals surface area contributed by atoms with Crippen LogP contribution in [0.2, 0.25) is 0 Å². The Kier molecular flexibility index (Phi) is 5.84. The molecule has 0 aliphatic heterocycles. The molecule has 0 unspecified atom stereocenters. The minimum atomic E-state index is -0.183. The summed E-state index contributed by atoms with van der Waals surface area (Å²) in [5.74, 6) is 1.76. The summed E-state index contributed by atoms with van der Waals surface area (Å²) in [4.78, 5) is 14.6. The molecule has 1 amide bonds. The van der Waals surface area contributed by atoms with Crippen LogP contribution in [0, 0.1) is 5.92 Å². The predicted octanol–water partition coefficient (Wildman–Crippen LogP) is 3.68. The molecule has 1 aliphatic carbocycles. The lowest BCUT2D eigenvalue weighted by Gasteiger charge is -2.19. The molecule has 2 heterocycles. The largest absolute Gasteiger partial charge is 0.355 e. The van der Waals surface area contributed by atoms with Gasteiger partial charge in [-0.25, -0.2) is 0 Å². The predicted molar refractivity (Wildman–Crippen MR) is 104 cm³/mol. The number of aryl methyl sites for hydroxylation is 1. The second-order valence-electron chi connectivity index (χ2n) is 6.60. The zero-order valence-corrected chi connectivity index (χ0v) is 17.0. The number of fused-ring (bicyclic) bond motifs is 1. The van der Waals surface area contributed by atoms with E-state index in [0.29, 0.717) is 6.54 Å². The van der Waals surface area contributed by atoms with Crippen LogP contribution >= 0.6 is 23.1 Å². The van der Waals surface area contributed by atoms with Crippen LogP contribution in [0.15, 0.2) is 11.2 Å². The maximum Gasteiger partial charge on any atom is 0.233 e. The van der Waals surface area contributed by atoms with Crippen LogP contribution in [0.1, 0.15) is 44.1 Å². The van der Waals surface area contributed by atoms with Crippen molar-refractivity contribution in [1.29, 1.82) is 0 Å². The monoisotopic (exact) mass is 378 g/mol. The second kappa shape index (κ2) is 7.91. The van der Waals surface area contributed by atoms with E-state index in [1.165, 1.54) is 52.8 Å². The molecular weight excluding hydrogens is 352 g/mol. The van der Waals surface area contributed by atoms with Gasteiger partial charge in [0.1, 0.15) is 0 Å². The second-order valence-corrected chi connectivity index (χ2v) is 9.04. The van der Waals surface area contributed by atoms with Gasteiger partial charge in [0.25, 0.3) is 0 Å². The minimum absolute atomic E-state index is 0.0363. The van der Waals surface area contributed by atoms with Gasteiger partial charge >= 0.3 is 0 Å². The van der Waals surface area contributed by atoms with Crippen molar-refractivity contribution in [2.45, 2.75) is 56.9 Å². The summed E-state index contributed by atoms with van der Waals surface area (Å²) in [6, 6.07) is 2.30. The Morgan fingerprint density at radius 1 is 1.48 bits per heavy atom. The summed E-state index contributed by atoms with van der Waals surface area (Å²) in [6.45, 7) is 6.76. The number of aromatic nitrogens is 3. The Hall–Kier alpha value is -1.34. The molecule has 1 aliphatic rings. The molecule has 25 heavy (non-hydrogen) atoms. The quantitative estimate of drug-likeness (QED) is 0.779. The van der Waals surface area contributed by atoms with Crippen molar-refractivity contribution in [3.05, 3.63) is 16.5 Å². The highest BCUT2D eigenvalue weighted by atomic mass is 32.2. The highest BCUT2D eigenvalue weighted by Crippen LogP contribution is 2.38. The van der Waals surface area contributed by atoms with Crippen LogP contribution < -0.4 is 5.32 Å². The fourth-order valence-corrected chi connectivity index (χ4v) is 5.29. The maximum atomic E-state index is 11.9. The van der Waals surface area contributed by atoms with Crippen LogP contribution in [0.25, 0.3) is 10.7 Å². The molecule has 136 valence electrons. The summed E-state index contributed by atoms with van der Waals surface area (Å²) in [7, 11) is 1.98. The van der Waals surface area contributed by atoms with E-state index in [9.17, 15) is 4.79 Å². The average molecular weight is 379 g/mol. The Morgan fingerprint density at radius 2 is 2.28 bits per heavy atom. The lowest BCUT2D eigenvalue weighted by molar-refractivity contribution is -0.120. The van der Waals surface area contributed by atoms with Gasteiger partial charge in [0.05, 0.1) is 10.1 Å². The number of carbonyl (C=O) groups excluding carboxylic acids is 1. The molecule has 3 rings (SSSR count). The lowest BCUT2D eigenvalue weighted by Crippen LogP contribution is -2.30. The third-order valence-corrected chi connectivity index (χ3v) is 7.19. The number of nitrogens with zero attached hydrogens (tertiary/aromatic N) is 3. The zero-order valence-electron chi connectivity index (χ0n) is 15.3. The van der Waals surface area contributed by atoms with Gasteiger partial charge < -0.3 is 9.88 Å². The number of rotatable bonds is 6. The third-order valence-electron chi connectivity index (χ3n) is 4.82. The highest BCUT2D eigenvalue weighted by Gasteiger charge is 2.23. The van der Waals surface area contributed by atoms with Crippen LogP contribution in [0.4, 0.5) is 0 Å². The van der Waals surface area contributed by atoms with Crippen molar-refractivity contribution in [2.75, 3.05) is 6.54 Å². The molecule has 2 aromatic rings. The number of hydrogen-bond donors (Lipinski definition) is 1. The maximum absolute atomic E-state index is 11.9. The van der Waals surface area contributed by atoms with Gasteiger partial charge in [-0.05, 0) is 50.7 Å². The number of thioether (sulfide) groups is 1. The molecule has 0 saturated heterocycles. The fourth-order valence-electron chi connectivity index (χ4n) is 3.22. The number of amides is 1. The van der Waals surface area contributed by atoms with Crippen molar-refractivity contribution in [3.8, 4) is 10.7 Å². The molecule has 0 radical (unpaired) electrons. The molecular formula is C18H26N4OS2. The van der Waals surface area contributed by atoms with Crippen molar-refractivity contribution >= 4 is 29.0 Å². The molecule has 0 aromatic carbocycles. The van der Waals surface area contributed by atoms with E-state index in [0.717, 1.165) is 16.9 Å². The Bertz CT molecular complexity index is 752. The smallest absolute Gasteiger partial charge is 0.233 e. The van der Waals surface area contributed by atoms with E-state index in [4.69, 9.17) is 0 Å². The number of carbonyl (C=O) groups is 1. The van der Waals surface area contributed by atoms with E-state index in [2.05, 4.69) is 28.5 Å². The first kappa shape index (κ1) is 18.5. The summed E-state index contributed by atoms with van der Waals surface area (Å²) in [5.41, 5.74) is 1.49. The van der Waals surface area contributed by atoms with Crippen LogP contribution in [-0.2, 0) is 24.7 Å². The number of nitrogens with one attached hydrogen (secondary N) is 1. The average Bonchev–Trinajstić information content (AvgIpc) is 3.18. The molecule has 2 atom stereocenters. The van der Waals surface area contributed by atoms with E-state index in [-0.39, 0.29) is 11.2 Å². The molecule has 2 aromatic heterocycles. The summed E-state index contributed by atoms with van der Waals surface area (Å²) in [6.07, 6.45) is 4.93. The van der Waals surface area contributed by atoms with Gasteiger partial charge in [-0.3, -0.25) is 4.79 Å². The number of thiophene rings is 1. The van der Waals surface area contributed by atoms with Gasteiger partial charge in [0, 0.05) is 18.5 Å². The zero-order chi connectivity index (χ0) is 18.0. The van der Waals surface area contributed by atoms with E-state index in [1.807, 2.05) is 36.8 Å². The Balaban J connectivity index is 1.78. The Morgan fingerprint density at radius 3 is 3.00 bits per heavy atom. The molecule has 0 bridgehead atoms. The lowest BCUT2D eigenvalue weighted by atomic mass is 9.87. The number of hydrogen-bond acceptors (Lipinski definition) is 5. The van der Waals surface area contributed by atoms with Crippen LogP contribution in [0.3, 0.4) is 0 Å². The topological polar surface area (TPSA) is 59.8 Å². The van der Waals surface area contributed by atoms with Gasteiger partial charge in [-0.15, -0.1) is 21.5 Å². The first-order valence-electron chi connectivity index (χ1n) is 8.99. The van der Waals surface area contributed by atoms with Gasteiger partial charge in [0.2, 0.25) is 5.91 Å². The first-order chi connectivity index (χ1) is 12.0. The van der Waals surface area contributed by atoms with Crippen molar-refractivity contribution in [3.63, 3.8) is 0 Å². The van der Waals surface area contributed by atoms with E-state index >= 15 is 0 Å². The minimum Gasteiger partial charge on any atom is -0.355 e. The standard InChI is InChI=1S/C18H26N4OS2/c1-5-12-7-8-14-13(9-12)10-15(25-14)16-20-21-18(22(16)4)24-11(3)17(23)19-6-2/h10-12H,5-9H2,1-4H3,(H,19,23)/t11-,12-/m1/s1. The van der Waals surface area contributed by atoms with E-state index in [1.54, 1.807) is 0 Å². The van der Waals surface area contributed by atoms with Crippen molar-refractivity contribution < 1.29 is 4.79 Å². The molecule has 7 heteroatoms.